The number of nitrogens with zero attached hydrogens (tertiary/aromatic N) is 2. The highest BCUT2D eigenvalue weighted by atomic mass is 35.5. The zero-order chi connectivity index (χ0) is 15.2. The van der Waals surface area contributed by atoms with Gasteiger partial charge in [-0.05, 0) is 42.3 Å². The monoisotopic (exact) mass is 299 g/mol. The van der Waals surface area contributed by atoms with Crippen molar-refractivity contribution >= 4 is 23.0 Å². The van der Waals surface area contributed by atoms with Crippen LogP contribution < -0.4 is 10.6 Å². The van der Waals surface area contributed by atoms with Crippen LogP contribution in [0.1, 0.15) is 24.5 Å². The fraction of sp³-hybridized carbons (Fsp3) is 0.235. The van der Waals surface area contributed by atoms with Gasteiger partial charge in [0.05, 0.1) is 22.3 Å². The molecule has 0 saturated heterocycles. The van der Waals surface area contributed by atoms with E-state index in [1.165, 1.54) is 5.56 Å². The van der Waals surface area contributed by atoms with Crippen LogP contribution in [0.2, 0.25) is 5.02 Å². The van der Waals surface area contributed by atoms with Crippen LogP contribution in [-0.4, -0.2) is 6.54 Å². The van der Waals surface area contributed by atoms with Crippen LogP contribution in [0, 0.1) is 11.3 Å². The van der Waals surface area contributed by atoms with Crippen molar-refractivity contribution in [2.45, 2.75) is 19.9 Å². The molecule has 3 nitrogen and oxygen atoms in total. The van der Waals surface area contributed by atoms with Crippen LogP contribution >= 0.6 is 11.6 Å². The summed E-state index contributed by atoms with van der Waals surface area (Å²) in [6.45, 7) is 3.79. The molecule has 21 heavy (non-hydrogen) atoms. The van der Waals surface area contributed by atoms with E-state index in [1.54, 1.807) is 12.1 Å². The van der Waals surface area contributed by atoms with Gasteiger partial charge in [0.15, 0.2) is 0 Å². The summed E-state index contributed by atoms with van der Waals surface area (Å²) < 4.78 is 0. The van der Waals surface area contributed by atoms with E-state index < -0.39 is 0 Å². The van der Waals surface area contributed by atoms with Gasteiger partial charge in [-0.25, -0.2) is 0 Å². The van der Waals surface area contributed by atoms with Gasteiger partial charge in [-0.15, -0.1) is 0 Å². The van der Waals surface area contributed by atoms with Gasteiger partial charge in [0, 0.05) is 18.8 Å². The van der Waals surface area contributed by atoms with Crippen molar-refractivity contribution in [2.75, 3.05) is 17.2 Å². The lowest BCUT2D eigenvalue weighted by Crippen LogP contribution is -2.23. The van der Waals surface area contributed by atoms with E-state index in [9.17, 15) is 0 Å². The first kappa shape index (κ1) is 15.2. The van der Waals surface area contributed by atoms with E-state index in [1.807, 2.05) is 30.3 Å². The zero-order valence-corrected chi connectivity index (χ0v) is 12.8. The summed E-state index contributed by atoms with van der Waals surface area (Å²) in [5.74, 6) is 0. The van der Waals surface area contributed by atoms with Crippen LogP contribution in [0.3, 0.4) is 0 Å². The summed E-state index contributed by atoms with van der Waals surface area (Å²) in [5, 5.41) is 9.53. The Bertz CT molecular complexity index is 644. The number of hydrogen-bond donors (Lipinski definition) is 1. The van der Waals surface area contributed by atoms with Crippen molar-refractivity contribution in [3.63, 3.8) is 0 Å². The zero-order valence-electron chi connectivity index (χ0n) is 12.0. The van der Waals surface area contributed by atoms with Crippen LogP contribution in [0.4, 0.5) is 11.4 Å². The van der Waals surface area contributed by atoms with Gasteiger partial charge in [-0.1, -0.05) is 30.7 Å². The largest absolute Gasteiger partial charge is 0.399 e. The first-order chi connectivity index (χ1) is 10.1. The molecular formula is C17H18ClN3. The second kappa shape index (κ2) is 7.01. The molecule has 0 bridgehead atoms. The second-order valence-corrected chi connectivity index (χ2v) is 5.35. The normalized spacial score (nSPS) is 10.1. The molecule has 0 aliphatic heterocycles. The Kier molecular flexibility index (Phi) is 5.08. The van der Waals surface area contributed by atoms with Crippen molar-refractivity contribution in [3.8, 4) is 6.07 Å². The average Bonchev–Trinajstić information content (AvgIpc) is 2.49. The number of nitriles is 1. The topological polar surface area (TPSA) is 53.0 Å². The SMILES string of the molecule is CCCN(Cc1ccc(N)cc1)c1ccc(C#N)cc1Cl. The third-order valence-corrected chi connectivity index (χ3v) is 3.57. The lowest BCUT2D eigenvalue weighted by atomic mass is 10.1. The molecule has 0 atom stereocenters. The molecule has 2 aromatic carbocycles. The predicted octanol–water partition coefficient (Wildman–Crippen LogP) is 4.21. The number of rotatable bonds is 5. The molecule has 0 aliphatic rings. The molecule has 0 spiro atoms. The molecule has 0 heterocycles. The van der Waals surface area contributed by atoms with Gasteiger partial charge in [-0.3, -0.25) is 0 Å². The summed E-state index contributed by atoms with van der Waals surface area (Å²) in [7, 11) is 0. The number of anilines is 2. The van der Waals surface area contributed by atoms with E-state index in [0.717, 1.165) is 30.9 Å². The Morgan fingerprint density at radius 2 is 1.90 bits per heavy atom. The van der Waals surface area contributed by atoms with E-state index in [0.29, 0.717) is 10.6 Å². The molecule has 0 aromatic heterocycles. The Labute approximate surface area is 130 Å². The number of halogens is 1. The van der Waals surface area contributed by atoms with Gasteiger partial charge in [0.2, 0.25) is 0 Å². The van der Waals surface area contributed by atoms with Crippen LogP contribution in [0.25, 0.3) is 0 Å². The quantitative estimate of drug-likeness (QED) is 0.841. The summed E-state index contributed by atoms with van der Waals surface area (Å²) in [6.07, 6.45) is 1.02. The first-order valence-electron chi connectivity index (χ1n) is 6.93. The smallest absolute Gasteiger partial charge is 0.0992 e. The molecule has 2 aromatic rings. The minimum Gasteiger partial charge on any atom is -0.399 e. The summed E-state index contributed by atoms with van der Waals surface area (Å²) in [5.41, 5.74) is 9.19. The van der Waals surface area contributed by atoms with Gasteiger partial charge in [-0.2, -0.15) is 5.26 Å². The van der Waals surface area contributed by atoms with Crippen LogP contribution in [0.15, 0.2) is 42.5 Å². The Balaban J connectivity index is 2.26. The van der Waals surface area contributed by atoms with Gasteiger partial charge in [0.25, 0.3) is 0 Å². The fourth-order valence-corrected chi connectivity index (χ4v) is 2.53. The van der Waals surface area contributed by atoms with E-state index >= 15 is 0 Å². The molecule has 4 heteroatoms. The van der Waals surface area contributed by atoms with Crippen molar-refractivity contribution in [1.29, 1.82) is 5.26 Å². The highest BCUT2D eigenvalue weighted by molar-refractivity contribution is 6.33. The lowest BCUT2D eigenvalue weighted by molar-refractivity contribution is 0.767. The third kappa shape index (κ3) is 3.90. The maximum absolute atomic E-state index is 8.92. The minimum atomic E-state index is 0.577. The van der Waals surface area contributed by atoms with E-state index in [4.69, 9.17) is 22.6 Å². The summed E-state index contributed by atoms with van der Waals surface area (Å²) in [6, 6.07) is 15.4. The van der Waals surface area contributed by atoms with Crippen molar-refractivity contribution < 1.29 is 0 Å². The highest BCUT2D eigenvalue weighted by Gasteiger charge is 2.11. The molecule has 0 unspecified atom stereocenters. The maximum atomic E-state index is 8.92. The standard InChI is InChI=1S/C17H18ClN3/c1-2-9-21(12-13-3-6-15(20)7-4-13)17-8-5-14(11-19)10-16(17)18/h3-8,10H,2,9,12,20H2,1H3. The van der Waals surface area contributed by atoms with Gasteiger partial charge >= 0.3 is 0 Å². The van der Waals surface area contributed by atoms with E-state index in [2.05, 4.69) is 17.9 Å². The number of nitrogen functional groups attached to an aromatic ring is 1. The molecular weight excluding hydrogens is 282 g/mol. The fourth-order valence-electron chi connectivity index (χ4n) is 2.23. The highest BCUT2D eigenvalue weighted by Crippen LogP contribution is 2.28. The minimum absolute atomic E-state index is 0.577. The van der Waals surface area contributed by atoms with Crippen molar-refractivity contribution in [2.24, 2.45) is 0 Å². The number of nitrogens with two attached hydrogens (primary N) is 1. The molecule has 0 saturated carbocycles. The Morgan fingerprint density at radius 1 is 1.19 bits per heavy atom. The number of benzene rings is 2. The maximum Gasteiger partial charge on any atom is 0.0992 e. The molecule has 108 valence electrons. The molecule has 0 fully saturated rings. The average molecular weight is 300 g/mol. The lowest BCUT2D eigenvalue weighted by Gasteiger charge is -2.25. The van der Waals surface area contributed by atoms with Crippen LogP contribution in [-0.2, 0) is 6.54 Å². The summed E-state index contributed by atoms with van der Waals surface area (Å²) >= 11 is 6.32. The molecule has 2 N–H and O–H groups in total. The second-order valence-electron chi connectivity index (χ2n) is 4.94. The molecule has 0 amide bonds. The predicted molar refractivity (Wildman–Crippen MR) is 88.4 cm³/mol. The Hall–Kier alpha value is -2.18. The first-order valence-corrected chi connectivity index (χ1v) is 7.31. The molecule has 2 rings (SSSR count). The third-order valence-electron chi connectivity index (χ3n) is 3.26. The number of hydrogen-bond acceptors (Lipinski definition) is 3. The van der Waals surface area contributed by atoms with Crippen molar-refractivity contribution in [3.05, 3.63) is 58.6 Å². The summed E-state index contributed by atoms with van der Waals surface area (Å²) in [4.78, 5) is 2.22. The Morgan fingerprint density at radius 3 is 2.48 bits per heavy atom. The molecule has 0 aliphatic carbocycles. The van der Waals surface area contributed by atoms with Gasteiger partial charge < -0.3 is 10.6 Å². The van der Waals surface area contributed by atoms with Gasteiger partial charge in [0.1, 0.15) is 0 Å². The van der Waals surface area contributed by atoms with Crippen LogP contribution in [0.5, 0.6) is 0 Å². The van der Waals surface area contributed by atoms with Crippen molar-refractivity contribution in [1.82, 2.24) is 0 Å². The van der Waals surface area contributed by atoms with E-state index in [-0.39, 0.29) is 0 Å². The molecule has 0 radical (unpaired) electrons.